The molecule has 24 heavy (non-hydrogen) atoms. The molecule has 0 aliphatic heterocycles. The number of benzene rings is 1. The van der Waals surface area contributed by atoms with Gasteiger partial charge in [-0.3, -0.25) is 0 Å². The number of hydrogen-bond donors (Lipinski definition) is 2. The average molecular weight is 355 g/mol. The lowest BCUT2D eigenvalue weighted by atomic mass is 10.1. The number of sulfone groups is 1. The van der Waals surface area contributed by atoms with Gasteiger partial charge in [0.15, 0.2) is 21.3 Å². The average Bonchev–Trinajstić information content (AvgIpc) is 2.54. The lowest BCUT2D eigenvalue weighted by Gasteiger charge is -2.02. The van der Waals surface area contributed by atoms with Gasteiger partial charge in [-0.25, -0.2) is 8.42 Å². The van der Waals surface area contributed by atoms with E-state index in [-0.39, 0.29) is 17.3 Å². The molecule has 1 aromatic rings. The number of aromatic hydroxyl groups is 2. The van der Waals surface area contributed by atoms with Gasteiger partial charge in [-0.15, -0.1) is 0 Å². The van der Waals surface area contributed by atoms with Crippen LogP contribution in [0.4, 0.5) is 0 Å². The topological polar surface area (TPSA) is 74.6 Å². The molecule has 0 spiro atoms. The van der Waals surface area contributed by atoms with Gasteiger partial charge in [-0.2, -0.15) is 0 Å². The Hall–Kier alpha value is -1.49. The third kappa shape index (κ3) is 8.96. The lowest BCUT2D eigenvalue weighted by molar-refractivity contribution is 0.403. The van der Waals surface area contributed by atoms with Crippen LogP contribution in [0, 0.1) is 0 Å². The molecule has 5 heteroatoms. The minimum absolute atomic E-state index is 0.156. The molecular formula is C19H30O4S. The first-order valence-corrected chi connectivity index (χ1v) is 10.6. The van der Waals surface area contributed by atoms with E-state index in [1.54, 1.807) is 6.07 Å². The Kier molecular flexibility index (Phi) is 9.53. The van der Waals surface area contributed by atoms with Gasteiger partial charge in [-0.05, 0) is 30.2 Å². The maximum absolute atomic E-state index is 12.0. The molecule has 2 N–H and O–H groups in total. The molecule has 0 atom stereocenters. The molecule has 4 nitrogen and oxygen atoms in total. The molecule has 0 radical (unpaired) electrons. The molecular weight excluding hydrogens is 324 g/mol. The molecule has 0 aliphatic carbocycles. The van der Waals surface area contributed by atoms with E-state index < -0.39 is 9.84 Å². The predicted molar refractivity (Wildman–Crippen MR) is 99.8 cm³/mol. The maximum Gasteiger partial charge on any atom is 0.171 e. The normalized spacial score (nSPS) is 12.0. The Morgan fingerprint density at radius 1 is 0.875 bits per heavy atom. The Morgan fingerprint density at radius 3 is 2.04 bits per heavy atom. The quantitative estimate of drug-likeness (QED) is 0.408. The van der Waals surface area contributed by atoms with E-state index in [1.165, 1.54) is 62.1 Å². The number of rotatable bonds is 12. The van der Waals surface area contributed by atoms with Crippen LogP contribution in [0.3, 0.4) is 0 Å². The fraction of sp³-hybridized carbons (Fsp3) is 0.579. The SMILES string of the molecule is CCCCCCCCCCCS(=O)(=O)/C=C/c1ccc(O)c(O)c1. The standard InChI is InChI=1S/C19H30O4S/c1-2-3-4-5-6-7-8-9-10-14-24(22,23)15-13-17-11-12-18(20)19(21)16-17/h11-13,15-16,20-21H,2-10,14H2,1H3/b15-13+. The second-order valence-electron chi connectivity index (χ2n) is 6.25. The fourth-order valence-electron chi connectivity index (χ4n) is 2.51. The van der Waals surface area contributed by atoms with Crippen LogP contribution < -0.4 is 0 Å². The molecule has 0 bridgehead atoms. The zero-order chi connectivity index (χ0) is 17.8. The van der Waals surface area contributed by atoms with Gasteiger partial charge < -0.3 is 10.2 Å². The molecule has 1 rings (SSSR count). The van der Waals surface area contributed by atoms with Crippen LogP contribution in [-0.2, 0) is 9.84 Å². The van der Waals surface area contributed by atoms with Crippen molar-refractivity contribution in [2.75, 3.05) is 5.75 Å². The van der Waals surface area contributed by atoms with Crippen molar-refractivity contribution in [2.24, 2.45) is 0 Å². The van der Waals surface area contributed by atoms with Gasteiger partial charge in [0.05, 0.1) is 5.75 Å². The minimum atomic E-state index is -3.23. The van der Waals surface area contributed by atoms with Gasteiger partial charge in [-0.1, -0.05) is 64.4 Å². The predicted octanol–water partition coefficient (Wildman–Crippen LogP) is 5.01. The van der Waals surface area contributed by atoms with E-state index in [1.807, 2.05) is 0 Å². The molecule has 0 aromatic heterocycles. The van der Waals surface area contributed by atoms with Gasteiger partial charge in [0, 0.05) is 5.41 Å². The van der Waals surface area contributed by atoms with Crippen LogP contribution in [0.1, 0.15) is 70.3 Å². The second kappa shape index (κ2) is 11.1. The zero-order valence-corrected chi connectivity index (χ0v) is 15.4. The summed E-state index contributed by atoms with van der Waals surface area (Å²) in [5, 5.41) is 19.8. The fourth-order valence-corrected chi connectivity index (χ4v) is 3.62. The molecule has 0 heterocycles. The van der Waals surface area contributed by atoms with Crippen molar-refractivity contribution < 1.29 is 18.6 Å². The summed E-state index contributed by atoms with van der Waals surface area (Å²) < 4.78 is 23.9. The Morgan fingerprint density at radius 2 is 1.46 bits per heavy atom. The summed E-state index contributed by atoms with van der Waals surface area (Å²) in [6, 6.07) is 4.22. The van der Waals surface area contributed by atoms with E-state index in [0.29, 0.717) is 12.0 Å². The van der Waals surface area contributed by atoms with Gasteiger partial charge in [0.2, 0.25) is 0 Å². The minimum Gasteiger partial charge on any atom is -0.504 e. The van der Waals surface area contributed by atoms with Crippen LogP contribution in [0.25, 0.3) is 6.08 Å². The van der Waals surface area contributed by atoms with Crippen LogP contribution in [-0.4, -0.2) is 24.4 Å². The van der Waals surface area contributed by atoms with E-state index in [4.69, 9.17) is 0 Å². The number of hydrogen-bond acceptors (Lipinski definition) is 4. The van der Waals surface area contributed by atoms with Gasteiger partial charge in [0.1, 0.15) is 0 Å². The van der Waals surface area contributed by atoms with Crippen molar-refractivity contribution in [3.8, 4) is 11.5 Å². The van der Waals surface area contributed by atoms with Gasteiger partial charge >= 0.3 is 0 Å². The maximum atomic E-state index is 12.0. The smallest absolute Gasteiger partial charge is 0.171 e. The molecule has 1 aromatic carbocycles. The van der Waals surface area contributed by atoms with Crippen molar-refractivity contribution >= 4 is 15.9 Å². The molecule has 0 saturated heterocycles. The second-order valence-corrected chi connectivity index (χ2v) is 8.25. The number of unbranched alkanes of at least 4 members (excludes halogenated alkanes) is 8. The summed E-state index contributed by atoms with van der Waals surface area (Å²) in [4.78, 5) is 0. The first kappa shape index (κ1) is 20.6. The highest BCUT2D eigenvalue weighted by atomic mass is 32.2. The Labute approximate surface area is 146 Å². The van der Waals surface area contributed by atoms with Crippen molar-refractivity contribution in [1.82, 2.24) is 0 Å². The molecule has 0 aliphatic rings. The van der Waals surface area contributed by atoms with Crippen molar-refractivity contribution in [2.45, 2.75) is 64.7 Å². The summed E-state index contributed by atoms with van der Waals surface area (Å²) >= 11 is 0. The van der Waals surface area contributed by atoms with Crippen molar-refractivity contribution in [3.05, 3.63) is 29.2 Å². The number of phenols is 2. The van der Waals surface area contributed by atoms with Crippen LogP contribution in [0.2, 0.25) is 0 Å². The highest BCUT2D eigenvalue weighted by Gasteiger charge is 2.06. The van der Waals surface area contributed by atoms with Crippen molar-refractivity contribution in [1.29, 1.82) is 0 Å². The summed E-state index contributed by atoms with van der Waals surface area (Å²) in [5.41, 5.74) is 0.543. The van der Waals surface area contributed by atoms with Crippen LogP contribution in [0.15, 0.2) is 23.6 Å². The Bertz CT molecular complexity index is 606. The van der Waals surface area contributed by atoms with Crippen LogP contribution in [0.5, 0.6) is 11.5 Å². The van der Waals surface area contributed by atoms with Crippen LogP contribution >= 0.6 is 0 Å². The highest BCUT2D eigenvalue weighted by molar-refractivity contribution is 7.94. The summed E-state index contributed by atoms with van der Waals surface area (Å²) in [6.07, 6.45) is 11.8. The molecule has 0 amide bonds. The largest absolute Gasteiger partial charge is 0.504 e. The third-order valence-corrected chi connectivity index (χ3v) is 5.41. The van der Waals surface area contributed by atoms with Gasteiger partial charge in [0.25, 0.3) is 0 Å². The molecule has 136 valence electrons. The zero-order valence-electron chi connectivity index (χ0n) is 14.6. The lowest BCUT2D eigenvalue weighted by Crippen LogP contribution is -2.01. The summed E-state index contributed by atoms with van der Waals surface area (Å²) in [7, 11) is -3.23. The first-order valence-electron chi connectivity index (χ1n) is 8.87. The monoisotopic (exact) mass is 354 g/mol. The third-order valence-electron chi connectivity index (χ3n) is 4.00. The first-order chi connectivity index (χ1) is 11.4. The van der Waals surface area contributed by atoms with Crippen molar-refractivity contribution in [3.63, 3.8) is 0 Å². The van der Waals surface area contributed by atoms with E-state index in [0.717, 1.165) is 12.8 Å². The van der Waals surface area contributed by atoms with E-state index >= 15 is 0 Å². The summed E-state index contributed by atoms with van der Waals surface area (Å²) in [6.45, 7) is 2.21. The highest BCUT2D eigenvalue weighted by Crippen LogP contribution is 2.25. The van der Waals surface area contributed by atoms with E-state index in [2.05, 4.69) is 6.92 Å². The number of phenolic OH excluding ortho intramolecular Hbond substituents is 2. The molecule has 0 saturated carbocycles. The molecule has 0 unspecified atom stereocenters. The Balaban J connectivity index is 2.24. The summed E-state index contributed by atoms with van der Waals surface area (Å²) in [5.74, 6) is -0.318. The van der Waals surface area contributed by atoms with E-state index in [9.17, 15) is 18.6 Å². The molecule has 0 fully saturated rings.